The van der Waals surface area contributed by atoms with Crippen LogP contribution in [0.25, 0.3) is 0 Å². The summed E-state index contributed by atoms with van der Waals surface area (Å²) in [5, 5.41) is 19.6. The van der Waals surface area contributed by atoms with Gasteiger partial charge in [0.1, 0.15) is 0 Å². The van der Waals surface area contributed by atoms with Gasteiger partial charge in [0.25, 0.3) is 0 Å². The molecule has 0 unspecified atom stereocenters. The average molecular weight is 375 g/mol. The lowest BCUT2D eigenvalue weighted by molar-refractivity contribution is -0.137. The van der Waals surface area contributed by atoms with Gasteiger partial charge in [-0.15, -0.1) is 0 Å². The molecule has 0 aliphatic heterocycles. The molecule has 7 atom stereocenters. The van der Waals surface area contributed by atoms with Gasteiger partial charge in [-0.25, -0.2) is 0 Å². The lowest BCUT2D eigenvalue weighted by atomic mass is 9.46. The van der Waals surface area contributed by atoms with E-state index in [9.17, 15) is 9.90 Å². The van der Waals surface area contributed by atoms with Crippen molar-refractivity contribution in [3.8, 4) is 0 Å². The molecule has 2 N–H and O–H groups in total. The monoisotopic (exact) mass is 374 g/mol. The van der Waals surface area contributed by atoms with Crippen molar-refractivity contribution in [1.82, 2.24) is 0 Å². The zero-order valence-corrected chi connectivity index (χ0v) is 17.5. The topological polar surface area (TPSA) is 57.5 Å². The third-order valence-corrected chi connectivity index (χ3v) is 9.52. The fraction of sp³-hybridized carbons (Fsp3) is 0.875. The van der Waals surface area contributed by atoms with E-state index >= 15 is 0 Å². The Morgan fingerprint density at radius 2 is 1.89 bits per heavy atom. The molecule has 0 aromatic carbocycles. The molecule has 3 fully saturated rings. The van der Waals surface area contributed by atoms with Gasteiger partial charge in [-0.05, 0) is 106 Å². The predicted molar refractivity (Wildman–Crippen MR) is 107 cm³/mol. The van der Waals surface area contributed by atoms with E-state index in [1.807, 2.05) is 6.92 Å². The molecule has 0 saturated heterocycles. The largest absolute Gasteiger partial charge is 0.481 e. The second-order valence-corrected chi connectivity index (χ2v) is 11.0. The Kier molecular flexibility index (Phi) is 4.77. The Bertz CT molecular complexity index is 636. The fourth-order valence-corrected chi connectivity index (χ4v) is 7.89. The van der Waals surface area contributed by atoms with Gasteiger partial charge in [-0.2, -0.15) is 0 Å². The van der Waals surface area contributed by atoms with Crippen LogP contribution >= 0.6 is 0 Å². The van der Waals surface area contributed by atoms with Gasteiger partial charge in [-0.1, -0.05) is 25.5 Å². The highest BCUT2D eigenvalue weighted by Crippen LogP contribution is 2.67. The summed E-state index contributed by atoms with van der Waals surface area (Å²) in [5.74, 6) is 2.45. The molecule has 0 heterocycles. The average Bonchev–Trinajstić information content (AvgIpc) is 2.92. The van der Waals surface area contributed by atoms with Crippen molar-refractivity contribution in [1.29, 1.82) is 0 Å². The molecule has 0 spiro atoms. The highest BCUT2D eigenvalue weighted by Gasteiger charge is 2.58. The molecule has 3 saturated carbocycles. The van der Waals surface area contributed by atoms with E-state index < -0.39 is 11.6 Å². The molecular weight excluding hydrogens is 336 g/mol. The number of carboxylic acid groups (broad SMARTS) is 1. The Labute approximate surface area is 164 Å². The predicted octanol–water partition coefficient (Wildman–Crippen LogP) is 5.57. The van der Waals surface area contributed by atoms with Crippen molar-refractivity contribution in [2.24, 2.45) is 34.5 Å². The van der Waals surface area contributed by atoms with Crippen molar-refractivity contribution >= 4 is 5.97 Å². The SMILES string of the molecule is C[C@]1(O)CC[C@@]2(C)C(=CC[C@H]3[C@@H]4CC[C@H](CCCC(=O)O)[C@@]4(C)CC[C@@H]32)C1. The zero-order valence-electron chi connectivity index (χ0n) is 17.5. The summed E-state index contributed by atoms with van der Waals surface area (Å²) in [7, 11) is 0. The van der Waals surface area contributed by atoms with E-state index in [-0.39, 0.29) is 0 Å². The number of hydrogen-bond donors (Lipinski definition) is 2. The van der Waals surface area contributed by atoms with E-state index in [4.69, 9.17) is 5.11 Å². The maximum absolute atomic E-state index is 10.9. The molecule has 0 radical (unpaired) electrons. The standard InChI is InChI=1S/C24H38O3/c1-22(27)13-14-24(3)17(15-22)7-9-18-19-10-8-16(5-4-6-21(25)26)23(19,2)12-11-20(18)24/h7,16,18-20,27H,4-6,8-15H2,1-3H3,(H,25,26)/t16-,18-,19-,20-,22-,23+,24-/m0/s1. The molecule has 27 heavy (non-hydrogen) atoms. The van der Waals surface area contributed by atoms with Gasteiger partial charge < -0.3 is 10.2 Å². The summed E-state index contributed by atoms with van der Waals surface area (Å²) in [6, 6.07) is 0. The number of aliphatic hydroxyl groups is 1. The molecular formula is C24H38O3. The molecule has 3 heteroatoms. The van der Waals surface area contributed by atoms with Crippen LogP contribution in [0.5, 0.6) is 0 Å². The fourth-order valence-electron chi connectivity index (χ4n) is 7.89. The zero-order chi connectivity index (χ0) is 19.4. The Morgan fingerprint density at radius 3 is 2.63 bits per heavy atom. The van der Waals surface area contributed by atoms with Crippen LogP contribution in [0.1, 0.15) is 91.4 Å². The lowest BCUT2D eigenvalue weighted by Crippen LogP contribution is -2.51. The first-order valence-electron chi connectivity index (χ1n) is 11.3. The van der Waals surface area contributed by atoms with Crippen LogP contribution in [-0.2, 0) is 4.79 Å². The summed E-state index contributed by atoms with van der Waals surface area (Å²) < 4.78 is 0. The molecule has 152 valence electrons. The van der Waals surface area contributed by atoms with Crippen LogP contribution in [0.2, 0.25) is 0 Å². The third-order valence-electron chi connectivity index (χ3n) is 9.52. The first kappa shape index (κ1) is 19.5. The highest BCUT2D eigenvalue weighted by atomic mass is 16.4. The van der Waals surface area contributed by atoms with E-state index in [1.165, 1.54) is 32.1 Å². The van der Waals surface area contributed by atoms with E-state index in [0.29, 0.717) is 23.2 Å². The van der Waals surface area contributed by atoms with Gasteiger partial charge in [0.05, 0.1) is 5.60 Å². The summed E-state index contributed by atoms with van der Waals surface area (Å²) in [6.07, 6.45) is 14.2. The minimum atomic E-state index is -0.649. The van der Waals surface area contributed by atoms with Gasteiger partial charge >= 0.3 is 5.97 Å². The van der Waals surface area contributed by atoms with Crippen LogP contribution in [0.15, 0.2) is 11.6 Å². The van der Waals surface area contributed by atoms with Gasteiger partial charge in [0.15, 0.2) is 0 Å². The van der Waals surface area contributed by atoms with Crippen LogP contribution in [0, 0.1) is 34.5 Å². The number of carbonyl (C=O) groups is 1. The molecule has 0 bridgehead atoms. The molecule has 0 amide bonds. The molecule has 0 aromatic rings. The van der Waals surface area contributed by atoms with Crippen molar-refractivity contribution < 1.29 is 15.0 Å². The van der Waals surface area contributed by atoms with E-state index in [2.05, 4.69) is 19.9 Å². The van der Waals surface area contributed by atoms with Gasteiger partial charge in [-0.3, -0.25) is 4.79 Å². The van der Waals surface area contributed by atoms with Gasteiger partial charge in [0.2, 0.25) is 0 Å². The van der Waals surface area contributed by atoms with Crippen molar-refractivity contribution in [3.05, 3.63) is 11.6 Å². The minimum absolute atomic E-state index is 0.299. The molecule has 3 nitrogen and oxygen atoms in total. The number of hydrogen-bond acceptors (Lipinski definition) is 2. The number of carboxylic acids is 1. The second-order valence-electron chi connectivity index (χ2n) is 11.0. The van der Waals surface area contributed by atoms with Crippen molar-refractivity contribution in [2.45, 2.75) is 97.0 Å². The third kappa shape index (κ3) is 3.18. The number of aliphatic carboxylic acids is 1. The maximum Gasteiger partial charge on any atom is 0.303 e. The number of rotatable bonds is 4. The normalized spacial score (nSPS) is 49.0. The van der Waals surface area contributed by atoms with E-state index in [1.54, 1.807) is 5.57 Å². The Morgan fingerprint density at radius 1 is 1.11 bits per heavy atom. The minimum Gasteiger partial charge on any atom is -0.481 e. The maximum atomic E-state index is 10.9. The van der Waals surface area contributed by atoms with Gasteiger partial charge in [0, 0.05) is 6.42 Å². The number of fused-ring (bicyclic) bond motifs is 5. The molecule has 4 rings (SSSR count). The lowest BCUT2D eigenvalue weighted by Gasteiger charge is -2.59. The van der Waals surface area contributed by atoms with Crippen LogP contribution in [-0.4, -0.2) is 21.8 Å². The number of allylic oxidation sites excluding steroid dienone is 1. The van der Waals surface area contributed by atoms with Crippen molar-refractivity contribution in [2.75, 3.05) is 0 Å². The summed E-state index contributed by atoms with van der Waals surface area (Å²) in [4.78, 5) is 10.9. The Hall–Kier alpha value is -0.830. The van der Waals surface area contributed by atoms with Crippen molar-refractivity contribution in [3.63, 3.8) is 0 Å². The Balaban J connectivity index is 1.52. The van der Waals surface area contributed by atoms with E-state index in [0.717, 1.165) is 49.9 Å². The molecule has 0 aromatic heterocycles. The van der Waals surface area contributed by atoms with Crippen LogP contribution in [0.4, 0.5) is 0 Å². The second kappa shape index (κ2) is 6.61. The molecule has 4 aliphatic carbocycles. The quantitative estimate of drug-likeness (QED) is 0.632. The molecule has 4 aliphatic rings. The summed E-state index contributed by atoms with van der Waals surface area (Å²) in [5.41, 5.74) is 1.75. The summed E-state index contributed by atoms with van der Waals surface area (Å²) >= 11 is 0. The first-order chi connectivity index (χ1) is 12.7. The highest BCUT2D eigenvalue weighted by molar-refractivity contribution is 5.66. The summed E-state index contributed by atoms with van der Waals surface area (Å²) in [6.45, 7) is 7.03. The first-order valence-corrected chi connectivity index (χ1v) is 11.3. The van der Waals surface area contributed by atoms with Crippen LogP contribution in [0.3, 0.4) is 0 Å². The van der Waals surface area contributed by atoms with Crippen LogP contribution < -0.4 is 0 Å². The smallest absolute Gasteiger partial charge is 0.303 e.